The quantitative estimate of drug-likeness (QED) is 0.207. The first kappa shape index (κ1) is 24.9. The van der Waals surface area contributed by atoms with Crippen LogP contribution in [-0.4, -0.2) is 45.0 Å². The first-order valence-corrected chi connectivity index (χ1v) is 12.8. The van der Waals surface area contributed by atoms with Crippen LogP contribution < -0.4 is 15.4 Å². The molecule has 1 aromatic heterocycles. The lowest BCUT2D eigenvalue weighted by atomic mass is 10.2. The van der Waals surface area contributed by atoms with Crippen LogP contribution in [0.2, 0.25) is 0 Å². The molecule has 0 aliphatic carbocycles. The predicted octanol–water partition coefficient (Wildman–Crippen LogP) is 4.63. The van der Waals surface area contributed by atoms with Gasteiger partial charge in [0, 0.05) is 34.6 Å². The van der Waals surface area contributed by atoms with Crippen LogP contribution in [0, 0.1) is 6.92 Å². The van der Waals surface area contributed by atoms with E-state index in [1.165, 1.54) is 0 Å². The summed E-state index contributed by atoms with van der Waals surface area (Å²) in [7, 11) is 0. The average molecular weight is 553 g/mol. The maximum Gasteiger partial charge on any atom is 0.262 e. The third-order valence-electron chi connectivity index (χ3n) is 4.98. The van der Waals surface area contributed by atoms with Gasteiger partial charge in [0.25, 0.3) is 5.91 Å². The SMILES string of the molecule is Cc1ccc(NC(=O)COc2ccc(Br)cc2CNCCSc2nnnn2-c2ccccc2)cc1. The summed E-state index contributed by atoms with van der Waals surface area (Å²) in [5.41, 5.74) is 3.77. The van der Waals surface area contributed by atoms with Crippen molar-refractivity contribution in [3.8, 4) is 11.4 Å². The van der Waals surface area contributed by atoms with Gasteiger partial charge >= 0.3 is 0 Å². The van der Waals surface area contributed by atoms with Gasteiger partial charge in [-0.3, -0.25) is 4.79 Å². The van der Waals surface area contributed by atoms with Gasteiger partial charge in [-0.05, 0) is 59.8 Å². The number of ether oxygens (including phenoxy) is 1. The molecule has 3 aromatic carbocycles. The predicted molar refractivity (Wildman–Crippen MR) is 141 cm³/mol. The Kier molecular flexibility index (Phi) is 8.88. The summed E-state index contributed by atoms with van der Waals surface area (Å²) >= 11 is 5.09. The van der Waals surface area contributed by atoms with Crippen molar-refractivity contribution < 1.29 is 9.53 Å². The third kappa shape index (κ3) is 7.38. The molecule has 0 aliphatic rings. The standard InChI is InChI=1S/C25H25BrN6O2S/c1-18-7-10-21(11-8-18)28-24(33)17-34-23-12-9-20(26)15-19(23)16-27-13-14-35-25-29-30-31-32(25)22-5-3-2-4-6-22/h2-12,15,27H,13-14,16-17H2,1H3,(H,28,33). The zero-order valence-corrected chi connectivity index (χ0v) is 21.6. The summed E-state index contributed by atoms with van der Waals surface area (Å²) in [5, 5.41) is 19.0. The van der Waals surface area contributed by atoms with Crippen molar-refractivity contribution in [1.82, 2.24) is 25.5 Å². The monoisotopic (exact) mass is 552 g/mol. The Labute approximate surface area is 216 Å². The molecule has 35 heavy (non-hydrogen) atoms. The van der Waals surface area contributed by atoms with Crippen molar-refractivity contribution in [2.24, 2.45) is 0 Å². The van der Waals surface area contributed by atoms with Crippen molar-refractivity contribution in [2.75, 3.05) is 24.2 Å². The van der Waals surface area contributed by atoms with E-state index in [1.807, 2.05) is 79.7 Å². The molecule has 4 aromatic rings. The molecule has 2 N–H and O–H groups in total. The Morgan fingerprint density at radius 2 is 1.89 bits per heavy atom. The molecule has 0 radical (unpaired) electrons. The fourth-order valence-corrected chi connectivity index (χ4v) is 4.44. The smallest absolute Gasteiger partial charge is 0.262 e. The molecule has 1 heterocycles. The zero-order chi connectivity index (χ0) is 24.5. The summed E-state index contributed by atoms with van der Waals surface area (Å²) in [4.78, 5) is 12.3. The molecule has 0 atom stereocenters. The van der Waals surface area contributed by atoms with Gasteiger partial charge in [-0.2, -0.15) is 4.68 Å². The number of thioether (sulfide) groups is 1. The second kappa shape index (κ2) is 12.5. The molecule has 10 heteroatoms. The molecule has 4 rings (SSSR count). The van der Waals surface area contributed by atoms with Gasteiger partial charge in [-0.1, -0.05) is 63.6 Å². The van der Waals surface area contributed by atoms with Gasteiger partial charge in [-0.25, -0.2) is 0 Å². The minimum Gasteiger partial charge on any atom is -0.483 e. The molecule has 0 spiro atoms. The van der Waals surface area contributed by atoms with Gasteiger partial charge in [0.2, 0.25) is 5.16 Å². The second-order valence-electron chi connectivity index (χ2n) is 7.69. The number of amides is 1. The van der Waals surface area contributed by atoms with Crippen molar-refractivity contribution in [3.05, 3.63) is 88.4 Å². The summed E-state index contributed by atoms with van der Waals surface area (Å²) in [6, 6.07) is 23.2. The Balaban J connectivity index is 1.25. The molecule has 8 nitrogen and oxygen atoms in total. The van der Waals surface area contributed by atoms with Crippen LogP contribution >= 0.6 is 27.7 Å². The number of tetrazole rings is 1. The fraction of sp³-hybridized carbons (Fsp3) is 0.200. The van der Waals surface area contributed by atoms with E-state index in [9.17, 15) is 4.79 Å². The largest absolute Gasteiger partial charge is 0.483 e. The zero-order valence-electron chi connectivity index (χ0n) is 19.1. The number of aryl methyl sites for hydroxylation is 1. The van der Waals surface area contributed by atoms with E-state index < -0.39 is 0 Å². The highest BCUT2D eigenvalue weighted by atomic mass is 79.9. The van der Waals surface area contributed by atoms with E-state index >= 15 is 0 Å². The molecule has 0 fully saturated rings. The van der Waals surface area contributed by atoms with Crippen LogP contribution in [0.25, 0.3) is 5.69 Å². The number of anilines is 1. The topological polar surface area (TPSA) is 94.0 Å². The van der Waals surface area contributed by atoms with Crippen LogP contribution in [0.5, 0.6) is 5.75 Å². The van der Waals surface area contributed by atoms with E-state index in [0.717, 1.165) is 44.4 Å². The normalized spacial score (nSPS) is 10.8. The lowest BCUT2D eigenvalue weighted by Crippen LogP contribution is -2.21. The maximum atomic E-state index is 12.3. The van der Waals surface area contributed by atoms with Crippen LogP contribution in [-0.2, 0) is 11.3 Å². The van der Waals surface area contributed by atoms with Crippen LogP contribution in [0.1, 0.15) is 11.1 Å². The summed E-state index contributed by atoms with van der Waals surface area (Å²) in [6.45, 7) is 3.27. The number of halogens is 1. The Morgan fingerprint density at radius 1 is 1.09 bits per heavy atom. The fourth-order valence-electron chi connectivity index (χ4n) is 3.24. The molecule has 1 amide bonds. The minimum absolute atomic E-state index is 0.0689. The number of aromatic nitrogens is 4. The number of hydrogen-bond acceptors (Lipinski definition) is 7. The van der Waals surface area contributed by atoms with Gasteiger partial charge in [0.05, 0.1) is 5.69 Å². The Hall–Kier alpha value is -3.21. The molecular formula is C25H25BrN6O2S. The molecule has 0 saturated heterocycles. The lowest BCUT2D eigenvalue weighted by Gasteiger charge is -2.13. The highest BCUT2D eigenvalue weighted by Crippen LogP contribution is 2.24. The molecule has 0 bridgehead atoms. The number of nitrogens with one attached hydrogen (secondary N) is 2. The average Bonchev–Trinajstić information content (AvgIpc) is 3.34. The van der Waals surface area contributed by atoms with Crippen LogP contribution in [0.4, 0.5) is 5.69 Å². The van der Waals surface area contributed by atoms with E-state index in [4.69, 9.17) is 4.74 Å². The number of carbonyl (C=O) groups is 1. The first-order valence-electron chi connectivity index (χ1n) is 11.0. The molecule has 180 valence electrons. The van der Waals surface area contributed by atoms with Gasteiger partial charge < -0.3 is 15.4 Å². The van der Waals surface area contributed by atoms with Crippen molar-refractivity contribution in [1.29, 1.82) is 0 Å². The van der Waals surface area contributed by atoms with E-state index in [2.05, 4.69) is 42.1 Å². The highest BCUT2D eigenvalue weighted by molar-refractivity contribution is 9.10. The molecular weight excluding hydrogens is 528 g/mol. The van der Waals surface area contributed by atoms with Gasteiger partial charge in [-0.15, -0.1) is 5.10 Å². The minimum atomic E-state index is -0.205. The summed E-state index contributed by atoms with van der Waals surface area (Å²) < 4.78 is 8.50. The van der Waals surface area contributed by atoms with Crippen molar-refractivity contribution in [2.45, 2.75) is 18.6 Å². The number of nitrogens with zero attached hydrogens (tertiary/aromatic N) is 4. The van der Waals surface area contributed by atoms with Crippen LogP contribution in [0.3, 0.4) is 0 Å². The number of hydrogen-bond donors (Lipinski definition) is 2. The number of benzene rings is 3. The Morgan fingerprint density at radius 3 is 2.69 bits per heavy atom. The molecule has 0 aliphatic heterocycles. The summed E-state index contributed by atoms with van der Waals surface area (Å²) in [5.74, 6) is 1.25. The van der Waals surface area contributed by atoms with Crippen molar-refractivity contribution >= 4 is 39.3 Å². The van der Waals surface area contributed by atoms with Crippen LogP contribution in [0.15, 0.2) is 82.4 Å². The van der Waals surface area contributed by atoms with Gasteiger partial charge in [0.1, 0.15) is 5.75 Å². The lowest BCUT2D eigenvalue weighted by molar-refractivity contribution is -0.118. The second-order valence-corrected chi connectivity index (χ2v) is 9.67. The maximum absolute atomic E-state index is 12.3. The van der Waals surface area contributed by atoms with E-state index in [0.29, 0.717) is 12.3 Å². The first-order chi connectivity index (χ1) is 17.1. The Bertz CT molecular complexity index is 1250. The highest BCUT2D eigenvalue weighted by Gasteiger charge is 2.10. The molecule has 0 saturated carbocycles. The number of carbonyl (C=O) groups excluding carboxylic acids is 1. The number of rotatable bonds is 11. The third-order valence-corrected chi connectivity index (χ3v) is 6.40. The van der Waals surface area contributed by atoms with E-state index in [1.54, 1.807) is 16.4 Å². The van der Waals surface area contributed by atoms with Crippen molar-refractivity contribution in [3.63, 3.8) is 0 Å². The summed E-state index contributed by atoms with van der Waals surface area (Å²) in [6.07, 6.45) is 0. The van der Waals surface area contributed by atoms with Gasteiger partial charge in [0.15, 0.2) is 6.61 Å². The molecule has 0 unspecified atom stereocenters. The number of para-hydroxylation sites is 1. The van der Waals surface area contributed by atoms with E-state index in [-0.39, 0.29) is 12.5 Å².